The van der Waals surface area contributed by atoms with Crippen LogP contribution in [0.2, 0.25) is 0 Å². The monoisotopic (exact) mass is 338 g/mol. The summed E-state index contributed by atoms with van der Waals surface area (Å²) in [6.07, 6.45) is 0. The van der Waals surface area contributed by atoms with E-state index in [-0.39, 0.29) is 5.84 Å². The molecular weight excluding hydrogens is 324 g/mol. The van der Waals surface area contributed by atoms with Crippen molar-refractivity contribution in [3.05, 3.63) is 44.3 Å². The molecule has 1 aromatic heterocycles. The standard InChI is InChI=1S/C13H15BrN4S/c1-8-17-9(7-19-8)6-18(2)11-5-3-4-10(14)12(11)13(15)16/h3-5,7H,6H2,1-2H3,(H3,15,16). The summed E-state index contributed by atoms with van der Waals surface area (Å²) in [6.45, 7) is 2.69. The van der Waals surface area contributed by atoms with Gasteiger partial charge in [-0.15, -0.1) is 11.3 Å². The van der Waals surface area contributed by atoms with Crippen LogP contribution in [0.25, 0.3) is 0 Å². The van der Waals surface area contributed by atoms with Gasteiger partial charge < -0.3 is 10.6 Å². The molecule has 0 aliphatic carbocycles. The first-order chi connectivity index (χ1) is 8.99. The van der Waals surface area contributed by atoms with Gasteiger partial charge in [0.1, 0.15) is 5.84 Å². The Morgan fingerprint density at radius 1 is 1.53 bits per heavy atom. The quantitative estimate of drug-likeness (QED) is 0.664. The van der Waals surface area contributed by atoms with Crippen molar-refractivity contribution in [2.45, 2.75) is 13.5 Å². The maximum Gasteiger partial charge on any atom is 0.126 e. The van der Waals surface area contributed by atoms with E-state index in [1.54, 1.807) is 11.3 Å². The normalized spacial score (nSPS) is 10.5. The number of nitrogens with one attached hydrogen (secondary N) is 1. The van der Waals surface area contributed by atoms with Crippen LogP contribution in [0.4, 0.5) is 5.69 Å². The smallest absolute Gasteiger partial charge is 0.126 e. The molecule has 1 heterocycles. The number of nitrogens with two attached hydrogens (primary N) is 1. The molecule has 100 valence electrons. The third kappa shape index (κ3) is 3.13. The highest BCUT2D eigenvalue weighted by atomic mass is 79.9. The molecule has 0 spiro atoms. The van der Waals surface area contributed by atoms with E-state index in [9.17, 15) is 0 Å². The van der Waals surface area contributed by atoms with Gasteiger partial charge in [0.25, 0.3) is 0 Å². The zero-order valence-corrected chi connectivity index (χ0v) is 13.2. The van der Waals surface area contributed by atoms with Crippen LogP contribution >= 0.6 is 27.3 Å². The van der Waals surface area contributed by atoms with Gasteiger partial charge in [0.2, 0.25) is 0 Å². The summed E-state index contributed by atoms with van der Waals surface area (Å²) >= 11 is 5.09. The fourth-order valence-electron chi connectivity index (χ4n) is 1.91. The van der Waals surface area contributed by atoms with Gasteiger partial charge in [-0.25, -0.2) is 4.98 Å². The maximum atomic E-state index is 7.70. The Hall–Kier alpha value is -1.40. The molecule has 19 heavy (non-hydrogen) atoms. The number of nitrogen functional groups attached to an aromatic ring is 1. The molecule has 0 unspecified atom stereocenters. The molecule has 0 saturated carbocycles. The van der Waals surface area contributed by atoms with Gasteiger partial charge in [-0.3, -0.25) is 5.41 Å². The van der Waals surface area contributed by atoms with Crippen molar-refractivity contribution >= 4 is 38.8 Å². The number of aromatic nitrogens is 1. The summed E-state index contributed by atoms with van der Waals surface area (Å²) in [5.74, 6) is 0.0591. The number of anilines is 1. The zero-order chi connectivity index (χ0) is 14.0. The van der Waals surface area contributed by atoms with Crippen molar-refractivity contribution in [3.8, 4) is 0 Å². The lowest BCUT2D eigenvalue weighted by atomic mass is 10.1. The highest BCUT2D eigenvalue weighted by Crippen LogP contribution is 2.27. The van der Waals surface area contributed by atoms with Crippen LogP contribution in [-0.4, -0.2) is 17.9 Å². The van der Waals surface area contributed by atoms with Gasteiger partial charge in [0, 0.05) is 22.6 Å². The second-order valence-corrected chi connectivity index (χ2v) is 6.18. The average Bonchev–Trinajstić information content (AvgIpc) is 2.73. The zero-order valence-electron chi connectivity index (χ0n) is 10.8. The Labute approximate surface area is 124 Å². The van der Waals surface area contributed by atoms with Crippen molar-refractivity contribution in [1.82, 2.24) is 4.98 Å². The van der Waals surface area contributed by atoms with E-state index in [2.05, 4.69) is 31.2 Å². The van der Waals surface area contributed by atoms with Gasteiger partial charge >= 0.3 is 0 Å². The van der Waals surface area contributed by atoms with Gasteiger partial charge in [-0.05, 0) is 35.0 Å². The molecule has 2 rings (SSSR count). The van der Waals surface area contributed by atoms with Crippen molar-refractivity contribution < 1.29 is 0 Å². The van der Waals surface area contributed by atoms with E-state index < -0.39 is 0 Å². The molecule has 0 radical (unpaired) electrons. The van der Waals surface area contributed by atoms with Crippen LogP contribution in [0.1, 0.15) is 16.3 Å². The largest absolute Gasteiger partial charge is 0.384 e. The van der Waals surface area contributed by atoms with E-state index in [0.717, 1.165) is 26.4 Å². The van der Waals surface area contributed by atoms with Crippen molar-refractivity contribution in [1.29, 1.82) is 5.41 Å². The van der Waals surface area contributed by atoms with Crippen LogP contribution in [0.15, 0.2) is 28.1 Å². The van der Waals surface area contributed by atoms with Gasteiger partial charge in [0.15, 0.2) is 0 Å². The Balaban J connectivity index is 2.31. The molecule has 0 atom stereocenters. The van der Waals surface area contributed by atoms with Gasteiger partial charge in [0.05, 0.1) is 22.8 Å². The molecule has 1 aromatic carbocycles. The number of nitrogens with zero attached hydrogens (tertiary/aromatic N) is 2. The lowest BCUT2D eigenvalue weighted by molar-refractivity contribution is 0.888. The minimum Gasteiger partial charge on any atom is -0.384 e. The third-order valence-electron chi connectivity index (χ3n) is 2.74. The van der Waals surface area contributed by atoms with Crippen molar-refractivity contribution in [3.63, 3.8) is 0 Å². The topological polar surface area (TPSA) is 66.0 Å². The Morgan fingerprint density at radius 3 is 2.84 bits per heavy atom. The number of amidine groups is 1. The van der Waals surface area contributed by atoms with E-state index in [4.69, 9.17) is 11.1 Å². The minimum atomic E-state index is 0.0591. The first-order valence-corrected chi connectivity index (χ1v) is 7.41. The number of aryl methyl sites for hydroxylation is 1. The second-order valence-electron chi connectivity index (χ2n) is 4.26. The lowest BCUT2D eigenvalue weighted by Gasteiger charge is -2.22. The summed E-state index contributed by atoms with van der Waals surface area (Å²) in [5, 5.41) is 10.8. The SMILES string of the molecule is Cc1nc(CN(C)c2cccc(Br)c2C(=N)N)cs1. The highest BCUT2D eigenvalue weighted by Gasteiger charge is 2.14. The molecule has 0 fully saturated rings. The molecule has 2 aromatic rings. The molecular formula is C13H15BrN4S. The fraction of sp³-hybridized carbons (Fsp3) is 0.231. The van der Waals surface area contributed by atoms with Crippen LogP contribution in [-0.2, 0) is 6.54 Å². The van der Waals surface area contributed by atoms with E-state index >= 15 is 0 Å². The summed E-state index contributed by atoms with van der Waals surface area (Å²) in [4.78, 5) is 6.50. The third-order valence-corrected chi connectivity index (χ3v) is 4.22. The summed E-state index contributed by atoms with van der Waals surface area (Å²) < 4.78 is 0.832. The second kappa shape index (κ2) is 5.71. The number of hydrogen-bond acceptors (Lipinski definition) is 4. The van der Waals surface area contributed by atoms with Crippen LogP contribution in [0.3, 0.4) is 0 Å². The predicted octanol–water partition coefficient (Wildman–Crippen LogP) is 3.13. The Kier molecular flexibility index (Phi) is 4.21. The number of thiazole rings is 1. The molecule has 0 saturated heterocycles. The molecule has 0 amide bonds. The van der Waals surface area contributed by atoms with Gasteiger partial charge in [-0.2, -0.15) is 0 Å². The average molecular weight is 339 g/mol. The fourth-order valence-corrected chi connectivity index (χ4v) is 3.08. The molecule has 3 N–H and O–H groups in total. The summed E-state index contributed by atoms with van der Waals surface area (Å²) in [7, 11) is 1.98. The predicted molar refractivity (Wildman–Crippen MR) is 84.1 cm³/mol. The van der Waals surface area contributed by atoms with Crippen LogP contribution in [0.5, 0.6) is 0 Å². The van der Waals surface area contributed by atoms with Crippen molar-refractivity contribution in [2.24, 2.45) is 5.73 Å². The number of hydrogen-bond donors (Lipinski definition) is 2. The number of benzene rings is 1. The summed E-state index contributed by atoms with van der Waals surface area (Å²) in [6, 6.07) is 5.79. The Morgan fingerprint density at radius 2 is 2.26 bits per heavy atom. The van der Waals surface area contributed by atoms with Crippen molar-refractivity contribution in [2.75, 3.05) is 11.9 Å². The first kappa shape index (κ1) is 14.0. The highest BCUT2D eigenvalue weighted by molar-refractivity contribution is 9.10. The van der Waals surface area contributed by atoms with Crippen LogP contribution < -0.4 is 10.6 Å². The van der Waals surface area contributed by atoms with E-state index in [0.29, 0.717) is 6.54 Å². The molecule has 4 nitrogen and oxygen atoms in total. The molecule has 6 heteroatoms. The minimum absolute atomic E-state index is 0.0591. The lowest BCUT2D eigenvalue weighted by Crippen LogP contribution is -2.22. The van der Waals surface area contributed by atoms with E-state index in [1.807, 2.05) is 32.2 Å². The maximum absolute atomic E-state index is 7.70. The molecule has 0 aliphatic rings. The first-order valence-electron chi connectivity index (χ1n) is 5.74. The number of rotatable bonds is 4. The summed E-state index contributed by atoms with van der Waals surface area (Å²) in [5.41, 5.74) is 8.33. The Bertz CT molecular complexity index is 608. The van der Waals surface area contributed by atoms with Gasteiger partial charge in [-0.1, -0.05) is 6.07 Å². The molecule has 0 aliphatic heterocycles. The van der Waals surface area contributed by atoms with Crippen LogP contribution in [0, 0.1) is 12.3 Å². The molecule has 0 bridgehead atoms. The number of halogens is 1. The van der Waals surface area contributed by atoms with E-state index in [1.165, 1.54) is 0 Å².